The summed E-state index contributed by atoms with van der Waals surface area (Å²) in [4.78, 5) is 12.9. The number of tetrazole rings is 1. The summed E-state index contributed by atoms with van der Waals surface area (Å²) >= 11 is 0. The Morgan fingerprint density at radius 1 is 1.20 bits per heavy atom. The van der Waals surface area contributed by atoms with Gasteiger partial charge in [-0.25, -0.2) is 4.39 Å². The van der Waals surface area contributed by atoms with Crippen molar-refractivity contribution in [2.75, 3.05) is 7.05 Å². The van der Waals surface area contributed by atoms with Gasteiger partial charge in [-0.15, -0.1) is 10.2 Å². The zero-order chi connectivity index (χ0) is 24.7. The maximum atomic E-state index is 13.6. The third-order valence-corrected chi connectivity index (χ3v) is 5.68. The summed E-state index contributed by atoms with van der Waals surface area (Å²) in [7, 11) is 1.53. The van der Waals surface area contributed by atoms with Gasteiger partial charge < -0.3 is 19.0 Å². The molecule has 3 aromatic heterocycles. The molecule has 11 heteroatoms. The van der Waals surface area contributed by atoms with Gasteiger partial charge in [0.15, 0.2) is 6.10 Å². The smallest absolute Gasteiger partial charge is 0.255 e. The zero-order valence-corrected chi connectivity index (χ0v) is 19.3. The van der Waals surface area contributed by atoms with Crippen molar-refractivity contribution in [2.45, 2.75) is 26.9 Å². The largest absolute Gasteiger partial charge is 0.482 e. The highest BCUT2D eigenvalue weighted by Gasteiger charge is 2.26. The first kappa shape index (κ1) is 22.3. The average molecular weight is 476 g/mol. The Morgan fingerprint density at radius 2 is 1.97 bits per heavy atom. The molecule has 1 amide bonds. The first-order valence-corrected chi connectivity index (χ1v) is 10.8. The van der Waals surface area contributed by atoms with E-state index in [1.54, 1.807) is 38.1 Å². The number of nitrogens with one attached hydrogen (secondary N) is 2. The van der Waals surface area contributed by atoms with Gasteiger partial charge in [-0.3, -0.25) is 4.79 Å². The van der Waals surface area contributed by atoms with Crippen LogP contribution in [-0.2, 0) is 0 Å². The molecule has 0 aliphatic carbocycles. The number of H-pyrrole nitrogens is 1. The van der Waals surface area contributed by atoms with Crippen LogP contribution >= 0.6 is 0 Å². The molecule has 0 aliphatic heterocycles. The van der Waals surface area contributed by atoms with Gasteiger partial charge in [0.05, 0.1) is 16.8 Å². The van der Waals surface area contributed by atoms with Crippen LogP contribution in [0.15, 0.2) is 45.3 Å². The Morgan fingerprint density at radius 3 is 2.60 bits per heavy atom. The highest BCUT2D eigenvalue weighted by Crippen LogP contribution is 2.43. The number of furan rings is 1. The molecule has 0 radical (unpaired) electrons. The molecule has 0 spiro atoms. The van der Waals surface area contributed by atoms with E-state index in [4.69, 9.17) is 13.7 Å². The molecule has 2 aromatic carbocycles. The van der Waals surface area contributed by atoms with Crippen LogP contribution < -0.4 is 10.1 Å². The van der Waals surface area contributed by atoms with Crippen LogP contribution in [0.1, 0.15) is 40.7 Å². The molecule has 5 aromatic rings. The van der Waals surface area contributed by atoms with Crippen molar-refractivity contribution in [1.82, 2.24) is 31.1 Å². The van der Waals surface area contributed by atoms with E-state index in [9.17, 15) is 9.18 Å². The van der Waals surface area contributed by atoms with Gasteiger partial charge >= 0.3 is 0 Å². The molecule has 10 nitrogen and oxygen atoms in total. The van der Waals surface area contributed by atoms with Gasteiger partial charge in [0, 0.05) is 23.6 Å². The summed E-state index contributed by atoms with van der Waals surface area (Å²) < 4.78 is 31.4. The van der Waals surface area contributed by atoms with Crippen molar-refractivity contribution in [1.29, 1.82) is 0 Å². The molecular weight excluding hydrogens is 455 g/mol. The molecule has 0 aliphatic rings. The highest BCUT2D eigenvalue weighted by atomic mass is 19.1. The van der Waals surface area contributed by atoms with E-state index in [2.05, 4.69) is 31.1 Å². The van der Waals surface area contributed by atoms with Gasteiger partial charge in [0.25, 0.3) is 5.91 Å². The van der Waals surface area contributed by atoms with Gasteiger partial charge in [-0.1, -0.05) is 10.4 Å². The minimum atomic E-state index is -0.558. The monoisotopic (exact) mass is 476 g/mol. The molecular formula is C24H21FN6O4. The predicted octanol–water partition coefficient (Wildman–Crippen LogP) is 4.52. The normalized spacial score (nSPS) is 12.1. The van der Waals surface area contributed by atoms with Crippen LogP contribution in [0.5, 0.6) is 5.75 Å². The number of rotatable bonds is 6. The van der Waals surface area contributed by atoms with Gasteiger partial charge in [-0.2, -0.15) is 5.21 Å². The first-order valence-electron chi connectivity index (χ1n) is 10.8. The van der Waals surface area contributed by atoms with Crippen LogP contribution in [0.2, 0.25) is 0 Å². The number of aromatic nitrogens is 5. The number of hydrogen-bond acceptors (Lipinski definition) is 8. The molecule has 0 saturated heterocycles. The first-order chi connectivity index (χ1) is 16.9. The van der Waals surface area contributed by atoms with E-state index < -0.39 is 11.9 Å². The molecule has 3 heterocycles. The summed E-state index contributed by atoms with van der Waals surface area (Å²) in [6, 6.07) is 9.25. The Bertz CT molecular complexity index is 1500. The lowest BCUT2D eigenvalue weighted by Gasteiger charge is -2.15. The van der Waals surface area contributed by atoms with Crippen molar-refractivity contribution >= 4 is 16.9 Å². The second kappa shape index (κ2) is 8.67. The molecule has 0 saturated carbocycles. The number of amides is 1. The SMILES string of the molecule is CNC(=O)c1c(-c2ccc(F)cc2)oc2cc(-c3c(C)noc3C)c(OC(C)c3nn[nH]n3)cc12. The Hall–Kier alpha value is -4.54. The lowest BCUT2D eigenvalue weighted by molar-refractivity contribution is 0.0964. The van der Waals surface area contributed by atoms with Crippen LogP contribution in [0, 0.1) is 19.7 Å². The molecule has 35 heavy (non-hydrogen) atoms. The molecule has 5 rings (SSSR count). The Labute approximate surface area is 198 Å². The minimum absolute atomic E-state index is 0.302. The Balaban J connectivity index is 1.76. The van der Waals surface area contributed by atoms with E-state index in [1.807, 2.05) is 6.92 Å². The molecule has 0 bridgehead atoms. The van der Waals surface area contributed by atoms with Gasteiger partial charge in [0.1, 0.15) is 28.7 Å². The number of halogens is 1. The van der Waals surface area contributed by atoms with Crippen molar-refractivity contribution in [2.24, 2.45) is 0 Å². The molecule has 1 unspecified atom stereocenters. The fourth-order valence-corrected chi connectivity index (χ4v) is 4.02. The number of aryl methyl sites for hydroxylation is 2. The second-order valence-electron chi connectivity index (χ2n) is 7.97. The summed E-state index contributed by atoms with van der Waals surface area (Å²) in [5, 5.41) is 21.2. The Kier molecular flexibility index (Phi) is 5.51. The topological polar surface area (TPSA) is 132 Å². The lowest BCUT2D eigenvalue weighted by Crippen LogP contribution is -2.18. The fourth-order valence-electron chi connectivity index (χ4n) is 4.02. The number of ether oxygens (including phenoxy) is 1. The van der Waals surface area contributed by atoms with Crippen LogP contribution in [-0.4, -0.2) is 38.7 Å². The summed E-state index contributed by atoms with van der Waals surface area (Å²) in [6.07, 6.45) is -0.558. The molecule has 178 valence electrons. The number of carbonyl (C=O) groups excluding carboxylic acids is 1. The van der Waals surface area contributed by atoms with E-state index in [-0.39, 0.29) is 5.91 Å². The third-order valence-electron chi connectivity index (χ3n) is 5.68. The third kappa shape index (κ3) is 3.90. The molecule has 1 atom stereocenters. The van der Waals surface area contributed by atoms with Gasteiger partial charge in [0.2, 0.25) is 5.82 Å². The quantitative estimate of drug-likeness (QED) is 0.366. The van der Waals surface area contributed by atoms with Crippen LogP contribution in [0.4, 0.5) is 4.39 Å². The second-order valence-corrected chi connectivity index (χ2v) is 7.97. The van der Waals surface area contributed by atoms with Crippen molar-refractivity contribution < 1.29 is 22.9 Å². The highest BCUT2D eigenvalue weighted by molar-refractivity contribution is 6.12. The maximum absolute atomic E-state index is 13.6. The maximum Gasteiger partial charge on any atom is 0.255 e. The molecule has 0 fully saturated rings. The number of carbonyl (C=O) groups is 1. The number of aromatic amines is 1. The van der Waals surface area contributed by atoms with E-state index in [1.165, 1.54) is 19.2 Å². The number of hydrogen-bond donors (Lipinski definition) is 2. The van der Waals surface area contributed by atoms with E-state index >= 15 is 0 Å². The van der Waals surface area contributed by atoms with Crippen molar-refractivity contribution in [3.8, 4) is 28.2 Å². The lowest BCUT2D eigenvalue weighted by atomic mass is 9.99. The van der Waals surface area contributed by atoms with Crippen LogP contribution in [0.25, 0.3) is 33.4 Å². The summed E-state index contributed by atoms with van der Waals surface area (Å²) in [6.45, 7) is 5.41. The number of fused-ring (bicyclic) bond motifs is 1. The van der Waals surface area contributed by atoms with Gasteiger partial charge in [-0.05, 0) is 57.2 Å². The van der Waals surface area contributed by atoms with Crippen molar-refractivity contribution in [3.05, 3.63) is 65.1 Å². The molecule has 2 N–H and O–H groups in total. The zero-order valence-electron chi connectivity index (χ0n) is 19.3. The predicted molar refractivity (Wildman–Crippen MR) is 123 cm³/mol. The minimum Gasteiger partial charge on any atom is -0.482 e. The van der Waals surface area contributed by atoms with Crippen molar-refractivity contribution in [3.63, 3.8) is 0 Å². The van der Waals surface area contributed by atoms with E-state index in [0.29, 0.717) is 56.4 Å². The standard InChI is InChI=1S/C24H21FN6O4/c1-11-20(12(2)35-29-11)16-9-19-17(10-18(16)33-13(3)23-27-30-31-28-23)21(24(32)26-4)22(34-19)14-5-7-15(25)8-6-14/h5-10,13H,1-4H3,(H,26,32)(H,27,28,30,31). The number of nitrogens with zero attached hydrogens (tertiary/aromatic N) is 4. The fraction of sp³-hybridized carbons (Fsp3) is 0.208. The van der Waals surface area contributed by atoms with E-state index in [0.717, 1.165) is 5.56 Å². The summed E-state index contributed by atoms with van der Waals surface area (Å²) in [5.41, 5.74) is 3.36. The summed E-state index contributed by atoms with van der Waals surface area (Å²) in [5.74, 6) is 0.966. The number of benzene rings is 2. The average Bonchev–Trinajstić information content (AvgIpc) is 3.58. The van der Waals surface area contributed by atoms with Crippen LogP contribution in [0.3, 0.4) is 0 Å².